The van der Waals surface area contributed by atoms with Crippen LogP contribution in [-0.4, -0.2) is 64.6 Å². The standard InChI is InChI=1S/C22H33N5O6S/c1-3-12(2)18(21(31)25-15(22(32)33)9-13-7-5-4-6-8-13)27-20(30)16(11-34)26-19(29)14(23)10-17(24)28/h4-8,12,14-16,18,34H,3,9-11,23H2,1-2H3,(H2,24,28)(H,25,31)(H,26,29)(H,27,30)(H,32,33). The summed E-state index contributed by atoms with van der Waals surface area (Å²) in [7, 11) is 0. The fourth-order valence-electron chi connectivity index (χ4n) is 3.05. The normalized spacial score (nSPS) is 15.2. The van der Waals surface area contributed by atoms with E-state index in [4.69, 9.17) is 11.5 Å². The Hall–Kier alpha value is -3.12. The number of carboxylic acids is 1. The van der Waals surface area contributed by atoms with E-state index >= 15 is 0 Å². The molecule has 5 unspecified atom stereocenters. The SMILES string of the molecule is CCC(C)C(NC(=O)C(CS)NC(=O)C(N)CC(N)=O)C(=O)NC(Cc1ccccc1)C(=O)O. The average Bonchev–Trinajstić information content (AvgIpc) is 2.79. The van der Waals surface area contributed by atoms with E-state index < -0.39 is 60.2 Å². The third kappa shape index (κ3) is 9.40. The van der Waals surface area contributed by atoms with Gasteiger partial charge in [0, 0.05) is 12.2 Å². The topological polar surface area (TPSA) is 194 Å². The molecular weight excluding hydrogens is 462 g/mol. The summed E-state index contributed by atoms with van der Waals surface area (Å²) in [6, 6.07) is 4.17. The van der Waals surface area contributed by atoms with Crippen LogP contribution >= 0.6 is 12.6 Å². The average molecular weight is 496 g/mol. The Bertz CT molecular complexity index is 869. The van der Waals surface area contributed by atoms with Gasteiger partial charge in [0.2, 0.25) is 23.6 Å². The molecule has 0 aliphatic rings. The van der Waals surface area contributed by atoms with E-state index in [1.165, 1.54) is 0 Å². The van der Waals surface area contributed by atoms with Crippen molar-refractivity contribution in [3.05, 3.63) is 35.9 Å². The minimum atomic E-state index is -1.24. The number of hydrogen-bond donors (Lipinski definition) is 7. The first-order valence-corrected chi connectivity index (χ1v) is 11.5. The molecule has 34 heavy (non-hydrogen) atoms. The summed E-state index contributed by atoms with van der Waals surface area (Å²) in [5, 5.41) is 17.0. The number of amides is 4. The maximum atomic E-state index is 13.0. The van der Waals surface area contributed by atoms with Crippen LogP contribution in [0.15, 0.2) is 30.3 Å². The van der Waals surface area contributed by atoms with Crippen molar-refractivity contribution in [2.75, 3.05) is 5.75 Å². The summed E-state index contributed by atoms with van der Waals surface area (Å²) < 4.78 is 0. The second-order valence-electron chi connectivity index (χ2n) is 7.98. The van der Waals surface area contributed by atoms with E-state index in [0.29, 0.717) is 6.42 Å². The lowest BCUT2D eigenvalue weighted by atomic mass is 9.97. The highest BCUT2D eigenvalue weighted by Gasteiger charge is 2.32. The molecule has 5 atom stereocenters. The number of nitrogens with two attached hydrogens (primary N) is 2. The molecule has 0 spiro atoms. The zero-order valence-corrected chi connectivity index (χ0v) is 20.1. The Kier molecular flexibility index (Phi) is 12.1. The van der Waals surface area contributed by atoms with Crippen molar-refractivity contribution in [2.45, 2.75) is 57.3 Å². The van der Waals surface area contributed by atoms with E-state index in [1.54, 1.807) is 37.3 Å². The van der Waals surface area contributed by atoms with E-state index in [1.807, 2.05) is 6.92 Å². The number of hydrogen-bond acceptors (Lipinski definition) is 7. The van der Waals surface area contributed by atoms with E-state index in [2.05, 4.69) is 28.6 Å². The molecule has 0 aliphatic carbocycles. The second kappa shape index (κ2) is 14.2. The Morgan fingerprint density at radius 2 is 1.56 bits per heavy atom. The highest BCUT2D eigenvalue weighted by atomic mass is 32.1. The van der Waals surface area contributed by atoms with Crippen LogP contribution in [0.2, 0.25) is 0 Å². The minimum Gasteiger partial charge on any atom is -0.480 e. The fraction of sp³-hybridized carbons (Fsp3) is 0.500. The summed E-state index contributed by atoms with van der Waals surface area (Å²) in [4.78, 5) is 60.6. The van der Waals surface area contributed by atoms with E-state index in [0.717, 1.165) is 5.56 Å². The molecule has 0 bridgehead atoms. The molecule has 11 nitrogen and oxygen atoms in total. The summed E-state index contributed by atoms with van der Waals surface area (Å²) in [5.41, 5.74) is 11.4. The number of carbonyl (C=O) groups excluding carboxylic acids is 4. The van der Waals surface area contributed by atoms with Crippen molar-refractivity contribution in [1.82, 2.24) is 16.0 Å². The molecule has 8 N–H and O–H groups in total. The van der Waals surface area contributed by atoms with E-state index in [9.17, 15) is 29.1 Å². The molecule has 1 rings (SSSR count). The van der Waals surface area contributed by atoms with Crippen LogP contribution in [-0.2, 0) is 30.4 Å². The molecule has 0 aliphatic heterocycles. The van der Waals surface area contributed by atoms with Crippen LogP contribution < -0.4 is 27.4 Å². The molecule has 1 aromatic carbocycles. The van der Waals surface area contributed by atoms with Gasteiger partial charge in [0.25, 0.3) is 0 Å². The highest BCUT2D eigenvalue weighted by Crippen LogP contribution is 2.11. The van der Waals surface area contributed by atoms with Crippen molar-refractivity contribution in [3.63, 3.8) is 0 Å². The van der Waals surface area contributed by atoms with Gasteiger partial charge in [-0.25, -0.2) is 4.79 Å². The number of thiol groups is 1. The van der Waals surface area contributed by atoms with Crippen molar-refractivity contribution in [3.8, 4) is 0 Å². The highest BCUT2D eigenvalue weighted by molar-refractivity contribution is 7.80. The summed E-state index contributed by atoms with van der Waals surface area (Å²) in [6.45, 7) is 3.55. The van der Waals surface area contributed by atoms with E-state index in [-0.39, 0.29) is 18.1 Å². The number of primary amides is 1. The lowest BCUT2D eigenvalue weighted by Crippen LogP contribution is -2.59. The molecule has 4 amide bonds. The molecule has 188 valence electrons. The molecule has 1 aromatic rings. The minimum absolute atomic E-state index is 0.0656. The van der Waals surface area contributed by atoms with Gasteiger partial charge in [-0.15, -0.1) is 0 Å². The second-order valence-corrected chi connectivity index (χ2v) is 8.35. The molecule has 0 radical (unpaired) electrons. The van der Waals surface area contributed by atoms with Crippen molar-refractivity contribution in [1.29, 1.82) is 0 Å². The molecule has 0 fully saturated rings. The van der Waals surface area contributed by atoms with Crippen molar-refractivity contribution >= 4 is 42.2 Å². The Morgan fingerprint density at radius 1 is 0.971 bits per heavy atom. The monoisotopic (exact) mass is 495 g/mol. The van der Waals surface area contributed by atoms with Gasteiger partial charge in [0.1, 0.15) is 18.1 Å². The summed E-state index contributed by atoms with van der Waals surface area (Å²) in [6.07, 6.45) is 0.176. The summed E-state index contributed by atoms with van der Waals surface area (Å²) >= 11 is 4.07. The number of rotatable bonds is 14. The van der Waals surface area contributed by atoms with Gasteiger partial charge in [-0.2, -0.15) is 12.6 Å². The largest absolute Gasteiger partial charge is 0.480 e. The first-order valence-electron chi connectivity index (χ1n) is 10.8. The molecule has 0 aromatic heterocycles. The Balaban J connectivity index is 2.92. The van der Waals surface area contributed by atoms with Gasteiger partial charge in [0.15, 0.2) is 0 Å². The van der Waals surface area contributed by atoms with Crippen LogP contribution in [0.25, 0.3) is 0 Å². The van der Waals surface area contributed by atoms with Crippen molar-refractivity contribution in [2.24, 2.45) is 17.4 Å². The maximum absolute atomic E-state index is 13.0. The smallest absolute Gasteiger partial charge is 0.326 e. The third-order valence-electron chi connectivity index (χ3n) is 5.26. The number of nitrogens with one attached hydrogen (secondary N) is 3. The van der Waals surface area contributed by atoms with Gasteiger partial charge < -0.3 is 32.5 Å². The number of benzene rings is 1. The summed E-state index contributed by atoms with van der Waals surface area (Å²) in [5.74, 6) is -4.58. The first-order chi connectivity index (χ1) is 16.0. The van der Waals surface area contributed by atoms with Gasteiger partial charge >= 0.3 is 5.97 Å². The lowest BCUT2D eigenvalue weighted by Gasteiger charge is -2.27. The van der Waals surface area contributed by atoms with Crippen LogP contribution in [0.3, 0.4) is 0 Å². The Morgan fingerprint density at radius 3 is 2.06 bits per heavy atom. The zero-order valence-electron chi connectivity index (χ0n) is 19.2. The quantitative estimate of drug-likeness (QED) is 0.160. The van der Waals surface area contributed by atoms with Crippen molar-refractivity contribution < 1.29 is 29.1 Å². The van der Waals surface area contributed by atoms with Crippen LogP contribution in [0.1, 0.15) is 32.3 Å². The predicted octanol–water partition coefficient (Wildman–Crippen LogP) is -1.05. The predicted molar refractivity (Wildman–Crippen MR) is 129 cm³/mol. The first kappa shape index (κ1) is 28.9. The van der Waals surface area contributed by atoms with Gasteiger partial charge in [-0.3, -0.25) is 19.2 Å². The number of carbonyl (C=O) groups is 5. The third-order valence-corrected chi connectivity index (χ3v) is 5.63. The number of carboxylic acid groups (broad SMARTS) is 1. The molecule has 12 heteroatoms. The Labute approximate surface area is 203 Å². The molecular formula is C22H33N5O6S. The maximum Gasteiger partial charge on any atom is 0.326 e. The van der Waals surface area contributed by atoms with Crippen LogP contribution in [0.4, 0.5) is 0 Å². The van der Waals surface area contributed by atoms with Crippen LogP contribution in [0, 0.1) is 5.92 Å². The van der Waals surface area contributed by atoms with Gasteiger partial charge in [-0.05, 0) is 11.5 Å². The zero-order chi connectivity index (χ0) is 25.8. The molecule has 0 saturated carbocycles. The molecule has 0 heterocycles. The van der Waals surface area contributed by atoms with Gasteiger partial charge in [0.05, 0.1) is 12.5 Å². The lowest BCUT2D eigenvalue weighted by molar-refractivity contribution is -0.142. The van der Waals surface area contributed by atoms with Gasteiger partial charge in [-0.1, -0.05) is 50.6 Å². The molecule has 0 saturated heterocycles. The fourth-order valence-corrected chi connectivity index (χ4v) is 3.31. The number of aliphatic carboxylic acids is 1. The van der Waals surface area contributed by atoms with Crippen LogP contribution in [0.5, 0.6) is 0 Å².